The van der Waals surface area contributed by atoms with Crippen molar-refractivity contribution in [1.29, 1.82) is 0 Å². The maximum absolute atomic E-state index is 7.60. The van der Waals surface area contributed by atoms with Crippen molar-refractivity contribution in [2.45, 2.75) is 159 Å². The smallest absolute Gasteiger partial charge is 0.160 e. The van der Waals surface area contributed by atoms with Crippen molar-refractivity contribution in [2.75, 3.05) is 0 Å². The summed E-state index contributed by atoms with van der Waals surface area (Å²) in [5.41, 5.74) is 0.388. The van der Waals surface area contributed by atoms with Crippen LogP contribution in [0.4, 0.5) is 0 Å². The van der Waals surface area contributed by atoms with Crippen LogP contribution >= 0.6 is 0 Å². The van der Waals surface area contributed by atoms with Crippen molar-refractivity contribution >= 4 is 0 Å². The van der Waals surface area contributed by atoms with Crippen molar-refractivity contribution < 1.29 is 33.2 Å². The molecule has 12 atom stereocenters. The van der Waals surface area contributed by atoms with E-state index >= 15 is 0 Å². The van der Waals surface area contributed by atoms with E-state index < -0.39 is 11.2 Å². The van der Waals surface area contributed by atoms with E-state index in [2.05, 4.69) is 60.7 Å². The number of hydrogen-bond donors (Lipinski definition) is 0. The highest BCUT2D eigenvalue weighted by molar-refractivity contribution is 5.45. The monoisotopic (exact) mass is 610 g/mol. The molecule has 0 aromatic heterocycles. The van der Waals surface area contributed by atoms with E-state index in [0.29, 0.717) is 0 Å². The fraction of sp³-hybridized carbons (Fsp3) is 0.684. The van der Waals surface area contributed by atoms with Gasteiger partial charge in [-0.15, -0.1) is 0 Å². The second kappa shape index (κ2) is 8.23. The molecular formula is C38H42O7. The molecule has 12 unspecified atom stereocenters. The summed E-state index contributed by atoms with van der Waals surface area (Å²) in [6.45, 7) is 0. The first-order chi connectivity index (χ1) is 22.1. The number of ether oxygens (including phenoxy) is 7. The molecule has 6 saturated heterocycles. The predicted octanol–water partition coefficient (Wildman–Crippen LogP) is 6.05. The average molecular weight is 611 g/mol. The van der Waals surface area contributed by atoms with Gasteiger partial charge in [0.15, 0.2) is 11.2 Å². The first kappa shape index (κ1) is 26.2. The molecule has 7 nitrogen and oxygen atoms in total. The molecule has 236 valence electrons. The molecule has 45 heavy (non-hydrogen) atoms. The molecule has 7 heteroatoms. The van der Waals surface area contributed by atoms with E-state index in [-0.39, 0.29) is 71.2 Å². The minimum Gasteiger partial charge on any atom is -0.363 e. The maximum atomic E-state index is 7.60. The highest BCUT2D eigenvalue weighted by Gasteiger charge is 2.96. The summed E-state index contributed by atoms with van der Waals surface area (Å²) in [6.07, 6.45) is 13.7. The van der Waals surface area contributed by atoms with Gasteiger partial charge in [-0.2, -0.15) is 0 Å². The summed E-state index contributed by atoms with van der Waals surface area (Å²) < 4.78 is 48.4. The van der Waals surface area contributed by atoms with Gasteiger partial charge in [0.1, 0.15) is 46.8 Å². The van der Waals surface area contributed by atoms with Crippen molar-refractivity contribution in [3.8, 4) is 0 Å². The van der Waals surface area contributed by atoms with Crippen LogP contribution in [0.5, 0.6) is 0 Å². The molecule has 10 aliphatic rings. The molecule has 0 bridgehead atoms. The number of epoxide rings is 6. The van der Waals surface area contributed by atoms with Gasteiger partial charge in [0.25, 0.3) is 0 Å². The van der Waals surface area contributed by atoms with Gasteiger partial charge in [-0.3, -0.25) is 0 Å². The number of fused-ring (bicyclic) bond motifs is 4. The first-order valence-corrected chi connectivity index (χ1v) is 18.0. The topological polar surface area (TPSA) is 84.4 Å². The summed E-state index contributed by atoms with van der Waals surface area (Å²) in [7, 11) is 0. The lowest BCUT2D eigenvalue weighted by atomic mass is 9.72. The zero-order chi connectivity index (χ0) is 29.3. The molecule has 6 aliphatic heterocycles. The Morgan fingerprint density at radius 2 is 0.800 bits per heavy atom. The number of benzene rings is 2. The molecule has 0 amide bonds. The number of rotatable bonds is 10. The molecule has 0 spiro atoms. The van der Waals surface area contributed by atoms with Gasteiger partial charge in [0.2, 0.25) is 0 Å². The average Bonchev–Trinajstić information content (AvgIpc) is 3.89. The van der Waals surface area contributed by atoms with Crippen LogP contribution in [0.1, 0.15) is 100 Å². The second-order valence-electron chi connectivity index (χ2n) is 15.9. The lowest BCUT2D eigenvalue weighted by Gasteiger charge is -2.31. The Labute approximate surface area is 264 Å². The van der Waals surface area contributed by atoms with Crippen molar-refractivity contribution in [3.05, 3.63) is 71.8 Å². The van der Waals surface area contributed by atoms with Crippen LogP contribution in [0.15, 0.2) is 60.7 Å². The summed E-state index contributed by atoms with van der Waals surface area (Å²) in [6, 6.07) is 21.5. The van der Waals surface area contributed by atoms with Crippen LogP contribution in [0, 0.1) is 0 Å². The van der Waals surface area contributed by atoms with Crippen molar-refractivity contribution in [3.63, 3.8) is 0 Å². The third-order valence-electron chi connectivity index (χ3n) is 14.2. The summed E-state index contributed by atoms with van der Waals surface area (Å²) >= 11 is 0. The maximum Gasteiger partial charge on any atom is 0.160 e. The Kier molecular flexibility index (Phi) is 4.78. The third kappa shape index (κ3) is 2.94. The van der Waals surface area contributed by atoms with Crippen molar-refractivity contribution in [2.24, 2.45) is 0 Å². The lowest BCUT2D eigenvalue weighted by Crippen LogP contribution is -2.51. The fourth-order valence-corrected chi connectivity index (χ4v) is 12.2. The van der Waals surface area contributed by atoms with Crippen LogP contribution in [0.2, 0.25) is 0 Å². The van der Waals surface area contributed by atoms with Gasteiger partial charge >= 0.3 is 0 Å². The van der Waals surface area contributed by atoms with E-state index in [1.54, 1.807) is 0 Å². The van der Waals surface area contributed by atoms with Gasteiger partial charge in [-0.05, 0) is 88.2 Å². The van der Waals surface area contributed by atoms with E-state index in [9.17, 15) is 0 Å². The second-order valence-corrected chi connectivity index (χ2v) is 15.9. The summed E-state index contributed by atoms with van der Waals surface area (Å²) in [5, 5.41) is 0. The Bertz CT molecular complexity index is 1390. The SMILES string of the molecule is c1ccc(C(OC(c2ccccc2)C2OC2(C23CCCC2O3)C23CCCC2O3)C2OC2(C23CCCC2O3)C23CCCC2O3)cc1. The van der Waals surface area contributed by atoms with Gasteiger partial charge in [0, 0.05) is 0 Å². The largest absolute Gasteiger partial charge is 0.363 e. The van der Waals surface area contributed by atoms with Crippen LogP contribution < -0.4 is 0 Å². The van der Waals surface area contributed by atoms with Gasteiger partial charge in [-0.25, -0.2) is 0 Å². The zero-order valence-corrected chi connectivity index (χ0v) is 25.7. The van der Waals surface area contributed by atoms with Crippen LogP contribution in [-0.2, 0) is 33.2 Å². The molecule has 6 heterocycles. The normalized spacial score (nSPS) is 54.8. The Morgan fingerprint density at radius 1 is 0.467 bits per heavy atom. The highest BCUT2D eigenvalue weighted by atomic mass is 16.8. The first-order valence-electron chi connectivity index (χ1n) is 18.0. The Balaban J connectivity index is 0.968. The number of hydrogen-bond acceptors (Lipinski definition) is 7. The minimum atomic E-state index is -0.463. The van der Waals surface area contributed by atoms with E-state index in [0.717, 1.165) is 62.5 Å². The van der Waals surface area contributed by atoms with E-state index in [1.165, 1.54) is 25.7 Å². The molecule has 10 fully saturated rings. The molecule has 4 aliphatic carbocycles. The molecule has 0 radical (unpaired) electrons. The van der Waals surface area contributed by atoms with Gasteiger partial charge in [0.05, 0.1) is 24.4 Å². The van der Waals surface area contributed by atoms with Crippen molar-refractivity contribution in [1.82, 2.24) is 0 Å². The lowest BCUT2D eigenvalue weighted by molar-refractivity contribution is -0.0437. The minimum absolute atomic E-state index is 0.144. The predicted molar refractivity (Wildman–Crippen MR) is 160 cm³/mol. The van der Waals surface area contributed by atoms with Crippen LogP contribution in [-0.4, -0.2) is 70.2 Å². The molecule has 2 aromatic carbocycles. The molecule has 12 rings (SSSR count). The molecule has 4 saturated carbocycles. The summed E-state index contributed by atoms with van der Waals surface area (Å²) in [5.74, 6) is 0. The molecular weight excluding hydrogens is 568 g/mol. The third-order valence-corrected chi connectivity index (χ3v) is 14.2. The van der Waals surface area contributed by atoms with Crippen LogP contribution in [0.3, 0.4) is 0 Å². The highest BCUT2D eigenvalue weighted by Crippen LogP contribution is 2.79. The molecule has 0 N–H and O–H groups in total. The molecule has 2 aromatic rings. The fourth-order valence-electron chi connectivity index (χ4n) is 12.2. The zero-order valence-electron chi connectivity index (χ0n) is 25.7. The quantitative estimate of drug-likeness (QED) is 0.303. The Hall–Kier alpha value is -1.84. The Morgan fingerprint density at radius 3 is 1.07 bits per heavy atom. The van der Waals surface area contributed by atoms with Crippen LogP contribution in [0.25, 0.3) is 0 Å². The van der Waals surface area contributed by atoms with Gasteiger partial charge < -0.3 is 33.2 Å². The van der Waals surface area contributed by atoms with E-state index in [1.807, 2.05) is 0 Å². The van der Waals surface area contributed by atoms with E-state index in [4.69, 9.17) is 33.2 Å². The van der Waals surface area contributed by atoms with Gasteiger partial charge in [-0.1, -0.05) is 60.7 Å². The summed E-state index contributed by atoms with van der Waals surface area (Å²) in [4.78, 5) is 0. The standard InChI is InChI=1S/C38H42O7/c1-3-11-23(12-4-1)29(31-37(44-31,33-19-7-15-25(33)40-33)34-20-8-16-26(34)41-34)39-30(24-13-5-2-6-14-24)32-38(45-32,35-21-9-17-27(35)42-35)36-22-10-18-28(36)43-36/h1-6,11-14,25-32H,7-10,15-22H2.